The van der Waals surface area contributed by atoms with E-state index in [1.807, 2.05) is 0 Å². The van der Waals surface area contributed by atoms with Crippen molar-refractivity contribution in [1.82, 2.24) is 4.67 Å². The van der Waals surface area contributed by atoms with Crippen molar-refractivity contribution in [2.75, 3.05) is 6.54 Å². The minimum atomic E-state index is 0.659. The van der Waals surface area contributed by atoms with Gasteiger partial charge < -0.3 is 0 Å². The average Bonchev–Trinajstić information content (AvgIpc) is 2.12. The molecule has 2 fully saturated rings. The molecule has 1 saturated heterocycles. The molecule has 0 spiro atoms. The fourth-order valence-electron chi connectivity index (χ4n) is 2.69. The maximum Gasteiger partial charge on any atom is 0.0138 e. The highest BCUT2D eigenvalue weighted by molar-refractivity contribution is 7.13. The zero-order chi connectivity index (χ0) is 7.52. The van der Waals surface area contributed by atoms with Crippen LogP contribution in [0.25, 0.3) is 0 Å². The van der Waals surface area contributed by atoms with E-state index in [0.717, 1.165) is 17.9 Å². The molecule has 0 bridgehead atoms. The number of rotatable bonds is 0. The van der Waals surface area contributed by atoms with Gasteiger partial charge in [-0.2, -0.15) is 0 Å². The van der Waals surface area contributed by atoms with Crippen LogP contribution in [0.2, 0.25) is 0 Å². The summed E-state index contributed by atoms with van der Waals surface area (Å²) in [7, 11) is 2.83. The Hall–Kier alpha value is 0.390. The lowest BCUT2D eigenvalue weighted by Crippen LogP contribution is -2.25. The van der Waals surface area contributed by atoms with Crippen LogP contribution in [0, 0.1) is 17.3 Å². The fraction of sp³-hybridized carbons (Fsp3) is 1.00. The Bertz CT molecular complexity index is 165. The smallest absolute Gasteiger partial charge is 0.0138 e. The molecule has 0 aromatic rings. The summed E-state index contributed by atoms with van der Waals surface area (Å²) in [5.41, 5.74) is 0.659. The topological polar surface area (TPSA) is 3.24 Å². The van der Waals surface area contributed by atoms with Crippen LogP contribution in [-0.2, 0) is 0 Å². The molecule has 1 aliphatic heterocycles. The molecule has 1 saturated carbocycles. The first kappa shape index (κ1) is 7.06. The van der Waals surface area contributed by atoms with Crippen molar-refractivity contribution in [2.24, 2.45) is 17.3 Å². The highest BCUT2D eigenvalue weighted by Crippen LogP contribution is 2.65. The lowest BCUT2D eigenvalue weighted by molar-refractivity contribution is 0.319. The molecular formula is C8H16NP. The second kappa shape index (κ2) is 1.76. The predicted octanol–water partition coefficient (Wildman–Crippen LogP) is 1.75. The summed E-state index contributed by atoms with van der Waals surface area (Å²) < 4.78 is 2.40. The third kappa shape index (κ3) is 0.658. The molecular weight excluding hydrogens is 141 g/mol. The number of fused-ring (bicyclic) bond motifs is 1. The monoisotopic (exact) mass is 157 g/mol. The Balaban J connectivity index is 2.13. The van der Waals surface area contributed by atoms with Crippen LogP contribution in [0.5, 0.6) is 0 Å². The molecule has 2 heteroatoms. The van der Waals surface area contributed by atoms with Gasteiger partial charge >= 0.3 is 0 Å². The average molecular weight is 157 g/mol. The van der Waals surface area contributed by atoms with Crippen molar-refractivity contribution in [3.8, 4) is 0 Å². The van der Waals surface area contributed by atoms with Crippen LogP contribution in [0.15, 0.2) is 0 Å². The maximum atomic E-state index is 2.83. The first-order valence-corrected chi connectivity index (χ1v) is 4.58. The lowest BCUT2D eigenvalue weighted by atomic mass is 10.0. The van der Waals surface area contributed by atoms with Gasteiger partial charge in [-0.25, -0.2) is 0 Å². The van der Waals surface area contributed by atoms with E-state index >= 15 is 0 Å². The largest absolute Gasteiger partial charge is 0.284 e. The minimum absolute atomic E-state index is 0.659. The zero-order valence-corrected chi connectivity index (χ0v) is 8.12. The second-order valence-electron chi connectivity index (χ2n) is 4.39. The molecule has 0 aromatic carbocycles. The predicted molar refractivity (Wildman–Crippen MR) is 46.6 cm³/mol. The van der Waals surface area contributed by atoms with Gasteiger partial charge in [-0.05, 0) is 24.2 Å². The van der Waals surface area contributed by atoms with E-state index in [1.54, 1.807) is 0 Å². The Morgan fingerprint density at radius 3 is 2.40 bits per heavy atom. The van der Waals surface area contributed by atoms with Crippen molar-refractivity contribution in [3.63, 3.8) is 0 Å². The van der Waals surface area contributed by atoms with Gasteiger partial charge in [0.2, 0.25) is 0 Å². The van der Waals surface area contributed by atoms with E-state index in [0.29, 0.717) is 5.41 Å². The number of nitrogens with zero attached hydrogens (tertiary/aromatic N) is 1. The molecule has 0 aromatic heterocycles. The zero-order valence-electron chi connectivity index (χ0n) is 6.96. The van der Waals surface area contributed by atoms with E-state index in [-0.39, 0.29) is 0 Å². The Kier molecular flexibility index (Phi) is 1.24. The van der Waals surface area contributed by atoms with Crippen LogP contribution in [0.3, 0.4) is 0 Å². The van der Waals surface area contributed by atoms with Gasteiger partial charge in [0.25, 0.3) is 0 Å². The first-order chi connectivity index (χ1) is 4.55. The van der Waals surface area contributed by atoms with Crippen molar-refractivity contribution < 1.29 is 0 Å². The molecule has 1 aliphatic carbocycles. The van der Waals surface area contributed by atoms with Crippen LogP contribution >= 0.6 is 9.39 Å². The molecule has 2 rings (SSSR count). The van der Waals surface area contributed by atoms with Crippen LogP contribution < -0.4 is 0 Å². The molecule has 0 N–H and O–H groups in total. The molecule has 4 atom stereocenters. The molecule has 0 radical (unpaired) electrons. The van der Waals surface area contributed by atoms with Gasteiger partial charge in [-0.15, -0.1) is 0 Å². The second-order valence-corrected chi connectivity index (χ2v) is 5.05. The summed E-state index contributed by atoms with van der Waals surface area (Å²) in [5, 5.41) is 0. The lowest BCUT2D eigenvalue weighted by Gasteiger charge is -2.22. The van der Waals surface area contributed by atoms with E-state index in [2.05, 4.69) is 34.8 Å². The quantitative estimate of drug-likeness (QED) is 0.484. The SMILES string of the molecule is C[C@@H]1[C@@H]2C(CN1P)C2(C)C. The third-order valence-corrected chi connectivity index (χ3v) is 4.27. The van der Waals surface area contributed by atoms with E-state index in [4.69, 9.17) is 0 Å². The molecule has 1 heterocycles. The number of piperidine rings is 1. The van der Waals surface area contributed by atoms with Crippen molar-refractivity contribution in [3.05, 3.63) is 0 Å². The number of hydrogen-bond acceptors (Lipinski definition) is 1. The Morgan fingerprint density at radius 2 is 2.10 bits per heavy atom. The van der Waals surface area contributed by atoms with Gasteiger partial charge in [0, 0.05) is 12.6 Å². The van der Waals surface area contributed by atoms with E-state index < -0.39 is 0 Å². The maximum absolute atomic E-state index is 2.83. The molecule has 10 heavy (non-hydrogen) atoms. The summed E-state index contributed by atoms with van der Waals surface area (Å²) >= 11 is 0. The highest BCUT2D eigenvalue weighted by Gasteiger charge is 2.64. The van der Waals surface area contributed by atoms with Gasteiger partial charge in [-0.3, -0.25) is 4.67 Å². The summed E-state index contributed by atoms with van der Waals surface area (Å²) in [5.74, 6) is 1.96. The Morgan fingerprint density at radius 1 is 1.50 bits per heavy atom. The van der Waals surface area contributed by atoms with Crippen LogP contribution in [0.1, 0.15) is 20.8 Å². The molecule has 58 valence electrons. The molecule has 0 amide bonds. The summed E-state index contributed by atoms with van der Waals surface area (Å²) in [6.45, 7) is 8.43. The van der Waals surface area contributed by atoms with Gasteiger partial charge in [0.05, 0.1) is 0 Å². The van der Waals surface area contributed by atoms with Crippen LogP contribution in [-0.4, -0.2) is 17.3 Å². The summed E-state index contributed by atoms with van der Waals surface area (Å²) in [6.07, 6.45) is 0. The Labute approximate surface area is 65.4 Å². The van der Waals surface area contributed by atoms with Crippen LogP contribution in [0.4, 0.5) is 0 Å². The summed E-state index contributed by atoms with van der Waals surface area (Å²) in [4.78, 5) is 0. The van der Waals surface area contributed by atoms with Crippen molar-refractivity contribution in [1.29, 1.82) is 0 Å². The highest BCUT2D eigenvalue weighted by atomic mass is 31.0. The van der Waals surface area contributed by atoms with Crippen molar-refractivity contribution >= 4 is 9.39 Å². The van der Waals surface area contributed by atoms with Gasteiger partial charge in [0.15, 0.2) is 0 Å². The fourth-order valence-corrected chi connectivity index (χ4v) is 3.11. The number of hydrogen-bond donors (Lipinski definition) is 0. The normalized spacial score (nSPS) is 51.0. The van der Waals surface area contributed by atoms with Crippen molar-refractivity contribution in [2.45, 2.75) is 26.8 Å². The molecule has 2 aliphatic rings. The minimum Gasteiger partial charge on any atom is -0.284 e. The summed E-state index contributed by atoms with van der Waals surface area (Å²) in [6, 6.07) is 0.796. The molecule has 1 nitrogen and oxygen atoms in total. The third-order valence-electron chi connectivity index (χ3n) is 3.59. The van der Waals surface area contributed by atoms with E-state index in [1.165, 1.54) is 6.54 Å². The van der Waals surface area contributed by atoms with Gasteiger partial charge in [0.1, 0.15) is 0 Å². The standard InChI is InChI=1S/C8H16NP/c1-5-7-6(4-9(5)10)8(7,2)3/h5-7H,4,10H2,1-3H3/t5-,6?,7-/m1/s1. The van der Waals surface area contributed by atoms with E-state index in [9.17, 15) is 0 Å². The first-order valence-electron chi connectivity index (χ1n) is 4.06. The molecule has 2 unspecified atom stereocenters. The van der Waals surface area contributed by atoms with Gasteiger partial charge in [-0.1, -0.05) is 23.2 Å².